The number of aromatic nitrogens is 2. The Morgan fingerprint density at radius 2 is 1.88 bits per heavy atom. The Balaban J connectivity index is 1.97. The molecule has 0 aliphatic carbocycles. The molecule has 0 saturated heterocycles. The molecule has 1 aromatic heterocycles. The molecular formula is C20H29N3O2S. The van der Waals surface area contributed by atoms with Crippen LogP contribution in [0.15, 0.2) is 29.4 Å². The number of methoxy groups -OCH3 is 1. The lowest BCUT2D eigenvalue weighted by molar-refractivity contribution is -0.120. The van der Waals surface area contributed by atoms with Crippen LogP contribution in [0, 0.1) is 19.8 Å². The molecular weight excluding hydrogens is 346 g/mol. The molecule has 2 rings (SSSR count). The van der Waals surface area contributed by atoms with Crippen LogP contribution in [0.25, 0.3) is 0 Å². The maximum Gasteiger partial charge on any atom is 0.233 e. The summed E-state index contributed by atoms with van der Waals surface area (Å²) in [5.41, 5.74) is 3.25. The van der Waals surface area contributed by atoms with Crippen LogP contribution in [0.5, 0.6) is 5.75 Å². The molecule has 1 heterocycles. The zero-order chi connectivity index (χ0) is 19.3. The third-order valence-electron chi connectivity index (χ3n) is 4.25. The van der Waals surface area contributed by atoms with Gasteiger partial charge in [-0.2, -0.15) is 0 Å². The van der Waals surface area contributed by atoms with Crippen molar-refractivity contribution in [2.24, 2.45) is 5.92 Å². The summed E-state index contributed by atoms with van der Waals surface area (Å²) in [5.74, 6) is 1.35. The van der Waals surface area contributed by atoms with Crippen molar-refractivity contribution in [1.82, 2.24) is 14.9 Å². The fraction of sp³-hybridized carbons (Fsp3) is 0.500. The van der Waals surface area contributed by atoms with Gasteiger partial charge in [-0.15, -0.1) is 0 Å². The monoisotopic (exact) mass is 375 g/mol. The lowest BCUT2D eigenvalue weighted by atomic mass is 10.2. The zero-order valence-electron chi connectivity index (χ0n) is 16.5. The minimum absolute atomic E-state index is 0.0141. The van der Waals surface area contributed by atoms with Crippen molar-refractivity contribution in [3.05, 3.63) is 41.2 Å². The molecule has 0 aliphatic rings. The number of hydrogen-bond acceptors (Lipinski definition) is 4. The number of imidazole rings is 1. The Hall–Kier alpha value is -1.95. The lowest BCUT2D eigenvalue weighted by Gasteiger charge is -2.15. The van der Waals surface area contributed by atoms with Crippen LogP contribution in [-0.2, 0) is 17.9 Å². The standard InChI is InChI=1S/C20H29N3O2S/c1-13(2)12-23-15(4)14(3)22-20(23)26-16(5)19(24)21-11-17-7-9-18(25-6)10-8-17/h7-10,13,16H,11-12H2,1-6H3,(H,21,24). The highest BCUT2D eigenvalue weighted by atomic mass is 32.2. The quantitative estimate of drug-likeness (QED) is 0.710. The second-order valence-corrected chi connectivity index (χ2v) is 8.20. The van der Waals surface area contributed by atoms with Crippen LogP contribution < -0.4 is 10.1 Å². The van der Waals surface area contributed by atoms with Gasteiger partial charge >= 0.3 is 0 Å². The van der Waals surface area contributed by atoms with Crippen LogP contribution in [0.2, 0.25) is 0 Å². The molecule has 1 N–H and O–H groups in total. The fourth-order valence-electron chi connectivity index (χ4n) is 2.58. The average molecular weight is 376 g/mol. The Morgan fingerprint density at radius 1 is 1.23 bits per heavy atom. The van der Waals surface area contributed by atoms with Crippen LogP contribution in [-0.4, -0.2) is 27.8 Å². The summed E-state index contributed by atoms with van der Waals surface area (Å²) in [6, 6.07) is 7.71. The Bertz CT molecular complexity index is 738. The summed E-state index contributed by atoms with van der Waals surface area (Å²) in [6.45, 7) is 11.8. The van der Waals surface area contributed by atoms with E-state index in [9.17, 15) is 4.79 Å². The molecule has 1 aromatic carbocycles. The van der Waals surface area contributed by atoms with Crippen LogP contribution >= 0.6 is 11.8 Å². The molecule has 1 amide bonds. The maximum atomic E-state index is 12.5. The highest BCUT2D eigenvalue weighted by Crippen LogP contribution is 2.26. The number of carbonyl (C=O) groups is 1. The van der Waals surface area contributed by atoms with Crippen molar-refractivity contribution in [2.45, 2.75) is 58.1 Å². The predicted octanol–water partition coefficient (Wildman–Crippen LogP) is 3.96. The highest BCUT2D eigenvalue weighted by Gasteiger charge is 2.20. The number of nitrogens with one attached hydrogen (secondary N) is 1. The van der Waals surface area contributed by atoms with Gasteiger partial charge in [-0.25, -0.2) is 4.98 Å². The third-order valence-corrected chi connectivity index (χ3v) is 5.34. The van der Waals surface area contributed by atoms with Gasteiger partial charge < -0.3 is 14.6 Å². The van der Waals surface area contributed by atoms with Gasteiger partial charge in [0.05, 0.1) is 18.1 Å². The van der Waals surface area contributed by atoms with Crippen molar-refractivity contribution in [3.63, 3.8) is 0 Å². The van der Waals surface area contributed by atoms with E-state index in [4.69, 9.17) is 4.74 Å². The molecule has 0 bridgehead atoms. The summed E-state index contributed by atoms with van der Waals surface area (Å²) in [5, 5.41) is 3.71. The first-order valence-electron chi connectivity index (χ1n) is 8.92. The Labute approximate surface area is 160 Å². The second-order valence-electron chi connectivity index (χ2n) is 6.90. The van der Waals surface area contributed by atoms with Gasteiger partial charge in [0.25, 0.3) is 0 Å². The first-order valence-corrected chi connectivity index (χ1v) is 9.80. The molecule has 26 heavy (non-hydrogen) atoms. The topological polar surface area (TPSA) is 56.1 Å². The van der Waals surface area contributed by atoms with Crippen LogP contribution in [0.3, 0.4) is 0 Å². The minimum atomic E-state index is -0.208. The summed E-state index contributed by atoms with van der Waals surface area (Å²) in [7, 11) is 1.64. The molecule has 0 spiro atoms. The average Bonchev–Trinajstić information content (AvgIpc) is 2.87. The fourth-order valence-corrected chi connectivity index (χ4v) is 3.62. The van der Waals surface area contributed by atoms with Gasteiger partial charge in [0.1, 0.15) is 5.75 Å². The molecule has 0 aliphatic heterocycles. The van der Waals surface area contributed by atoms with E-state index in [0.29, 0.717) is 12.5 Å². The van der Waals surface area contributed by atoms with Crippen molar-refractivity contribution >= 4 is 17.7 Å². The van der Waals surface area contributed by atoms with E-state index in [0.717, 1.165) is 28.7 Å². The minimum Gasteiger partial charge on any atom is -0.497 e. The number of aryl methyl sites for hydroxylation is 1. The van der Waals surface area contributed by atoms with Crippen molar-refractivity contribution in [3.8, 4) is 5.75 Å². The molecule has 1 unspecified atom stereocenters. The van der Waals surface area contributed by atoms with Crippen molar-refractivity contribution in [1.29, 1.82) is 0 Å². The van der Waals surface area contributed by atoms with Gasteiger partial charge in [0, 0.05) is 18.8 Å². The number of rotatable bonds is 8. The highest BCUT2D eigenvalue weighted by molar-refractivity contribution is 8.00. The van der Waals surface area contributed by atoms with E-state index < -0.39 is 0 Å². The molecule has 2 aromatic rings. The number of hydrogen-bond donors (Lipinski definition) is 1. The summed E-state index contributed by atoms with van der Waals surface area (Å²) in [4.78, 5) is 17.1. The Morgan fingerprint density at radius 3 is 2.46 bits per heavy atom. The normalized spacial score (nSPS) is 12.3. The third kappa shape index (κ3) is 5.27. The number of amides is 1. The number of thioether (sulfide) groups is 1. The number of nitrogens with zero attached hydrogens (tertiary/aromatic N) is 2. The lowest BCUT2D eigenvalue weighted by Crippen LogP contribution is -2.30. The van der Waals surface area contributed by atoms with E-state index in [2.05, 4.69) is 35.6 Å². The van der Waals surface area contributed by atoms with Crippen LogP contribution in [0.1, 0.15) is 37.7 Å². The van der Waals surface area contributed by atoms with Gasteiger partial charge in [-0.05, 0) is 44.4 Å². The van der Waals surface area contributed by atoms with Gasteiger partial charge in [0.2, 0.25) is 5.91 Å². The molecule has 142 valence electrons. The second kappa shape index (κ2) is 9.12. The zero-order valence-corrected chi connectivity index (χ0v) is 17.3. The maximum absolute atomic E-state index is 12.5. The summed E-state index contributed by atoms with van der Waals surface area (Å²) in [6.07, 6.45) is 0. The van der Waals surface area contributed by atoms with Crippen molar-refractivity contribution < 1.29 is 9.53 Å². The SMILES string of the molecule is COc1ccc(CNC(=O)C(C)Sc2nc(C)c(C)n2CC(C)C)cc1. The van der Waals surface area contributed by atoms with Gasteiger partial charge in [-0.3, -0.25) is 4.79 Å². The van der Waals surface area contributed by atoms with E-state index in [1.54, 1.807) is 7.11 Å². The molecule has 6 heteroatoms. The molecule has 5 nitrogen and oxygen atoms in total. The largest absolute Gasteiger partial charge is 0.497 e. The summed E-state index contributed by atoms with van der Waals surface area (Å²) < 4.78 is 7.37. The molecule has 0 radical (unpaired) electrons. The molecule has 1 atom stereocenters. The Kier molecular flexibility index (Phi) is 7.14. The molecule has 0 saturated carbocycles. The van der Waals surface area contributed by atoms with Crippen LogP contribution in [0.4, 0.5) is 0 Å². The van der Waals surface area contributed by atoms with E-state index >= 15 is 0 Å². The smallest absolute Gasteiger partial charge is 0.233 e. The van der Waals surface area contributed by atoms with E-state index in [-0.39, 0.29) is 11.2 Å². The van der Waals surface area contributed by atoms with Gasteiger partial charge in [-0.1, -0.05) is 37.7 Å². The number of carbonyl (C=O) groups excluding carboxylic acids is 1. The van der Waals surface area contributed by atoms with E-state index in [1.807, 2.05) is 38.1 Å². The number of benzene rings is 1. The first kappa shape index (κ1) is 20.4. The summed E-state index contributed by atoms with van der Waals surface area (Å²) >= 11 is 1.52. The first-order chi connectivity index (χ1) is 12.3. The predicted molar refractivity (Wildman–Crippen MR) is 107 cm³/mol. The number of ether oxygens (including phenoxy) is 1. The van der Waals surface area contributed by atoms with Gasteiger partial charge in [0.15, 0.2) is 5.16 Å². The van der Waals surface area contributed by atoms with E-state index in [1.165, 1.54) is 17.5 Å². The molecule has 0 fully saturated rings. The van der Waals surface area contributed by atoms with Crippen molar-refractivity contribution in [2.75, 3.05) is 7.11 Å².